The monoisotopic (exact) mass is 493 g/mol. The first-order chi connectivity index (χ1) is 17.5. The molecular formula is C29H35NO6. The van der Waals surface area contributed by atoms with Crippen LogP contribution in [-0.2, 0) is 6.42 Å². The fraction of sp³-hybridized carbons (Fsp3) is 0.345. The van der Waals surface area contributed by atoms with Gasteiger partial charge in [0.05, 0.1) is 0 Å². The molecule has 3 N–H and O–H groups in total. The van der Waals surface area contributed by atoms with Crippen molar-refractivity contribution in [2.45, 2.75) is 45.8 Å². The van der Waals surface area contributed by atoms with Crippen molar-refractivity contribution in [3.63, 3.8) is 0 Å². The van der Waals surface area contributed by atoms with Gasteiger partial charge in [-0.15, -0.1) is 0 Å². The van der Waals surface area contributed by atoms with Crippen molar-refractivity contribution in [1.82, 2.24) is 5.32 Å². The van der Waals surface area contributed by atoms with Gasteiger partial charge >= 0.3 is 5.97 Å². The van der Waals surface area contributed by atoms with Crippen LogP contribution in [0.1, 0.15) is 41.8 Å². The minimum Gasteiger partial charge on any atom is -0.491 e. The molecule has 36 heavy (non-hydrogen) atoms. The number of aliphatic hydroxyl groups is 1. The molecule has 0 saturated carbocycles. The highest BCUT2D eigenvalue weighted by Crippen LogP contribution is 2.33. The topological polar surface area (TPSA) is 97.3 Å². The summed E-state index contributed by atoms with van der Waals surface area (Å²) in [4.78, 5) is 11.5. The van der Waals surface area contributed by atoms with Crippen molar-refractivity contribution in [2.24, 2.45) is 0 Å². The van der Waals surface area contributed by atoms with Crippen LogP contribution in [0, 0.1) is 6.92 Å². The summed E-state index contributed by atoms with van der Waals surface area (Å²) in [6.45, 7) is 7.09. The average Bonchev–Trinajstić information content (AvgIpc) is 2.90. The summed E-state index contributed by atoms with van der Waals surface area (Å²) in [7, 11) is 0. The lowest BCUT2D eigenvalue weighted by Gasteiger charge is -2.27. The van der Waals surface area contributed by atoms with E-state index in [4.69, 9.17) is 14.2 Å². The first-order valence-corrected chi connectivity index (χ1v) is 12.4. The van der Waals surface area contributed by atoms with Crippen LogP contribution in [0.2, 0.25) is 0 Å². The predicted octanol–water partition coefficient (Wildman–Crippen LogP) is 5.23. The molecule has 3 aromatic carbocycles. The minimum atomic E-state index is -1.02. The van der Waals surface area contributed by atoms with Gasteiger partial charge in [-0.1, -0.05) is 43.7 Å². The second-order valence-electron chi connectivity index (χ2n) is 8.39. The molecule has 0 saturated heterocycles. The molecule has 0 aromatic heterocycles. The van der Waals surface area contributed by atoms with E-state index in [1.54, 1.807) is 18.2 Å². The van der Waals surface area contributed by atoms with E-state index < -0.39 is 12.1 Å². The molecule has 2 unspecified atom stereocenters. The minimum absolute atomic E-state index is 0.00257. The van der Waals surface area contributed by atoms with Crippen molar-refractivity contribution in [3.8, 4) is 23.0 Å². The molecule has 4 rings (SSSR count). The molecule has 2 atom stereocenters. The lowest BCUT2D eigenvalue weighted by molar-refractivity contribution is 0.0694. The zero-order valence-electron chi connectivity index (χ0n) is 21.1. The van der Waals surface area contributed by atoms with Crippen molar-refractivity contribution in [1.29, 1.82) is 0 Å². The van der Waals surface area contributed by atoms with E-state index in [0.717, 1.165) is 35.5 Å². The van der Waals surface area contributed by atoms with E-state index in [2.05, 4.69) is 5.32 Å². The Morgan fingerprint density at radius 2 is 1.86 bits per heavy atom. The summed E-state index contributed by atoms with van der Waals surface area (Å²) >= 11 is 0. The number of carbonyl (C=O) groups is 1. The van der Waals surface area contributed by atoms with E-state index in [9.17, 15) is 15.0 Å². The van der Waals surface area contributed by atoms with Gasteiger partial charge in [0.2, 0.25) is 0 Å². The van der Waals surface area contributed by atoms with E-state index in [-0.39, 0.29) is 18.3 Å². The highest BCUT2D eigenvalue weighted by Gasteiger charge is 2.21. The molecular weight excluding hydrogens is 458 g/mol. The van der Waals surface area contributed by atoms with Crippen LogP contribution in [0.25, 0.3) is 0 Å². The first-order valence-electron chi connectivity index (χ1n) is 12.4. The van der Waals surface area contributed by atoms with Crippen molar-refractivity contribution >= 4 is 5.97 Å². The number of para-hydroxylation sites is 1. The molecule has 7 heteroatoms. The van der Waals surface area contributed by atoms with Crippen molar-refractivity contribution in [3.05, 3.63) is 83.4 Å². The Labute approximate surface area is 212 Å². The fourth-order valence-electron chi connectivity index (χ4n) is 3.83. The normalized spacial score (nSPS) is 14.9. The van der Waals surface area contributed by atoms with Crippen molar-refractivity contribution < 1.29 is 29.2 Å². The van der Waals surface area contributed by atoms with Crippen LogP contribution >= 0.6 is 0 Å². The molecule has 0 aliphatic carbocycles. The predicted molar refractivity (Wildman–Crippen MR) is 140 cm³/mol. The summed E-state index contributed by atoms with van der Waals surface area (Å²) in [5, 5.41) is 22.8. The maximum atomic E-state index is 11.5. The number of aromatic carboxylic acids is 1. The Bertz CT molecular complexity index is 1120. The third-order valence-electron chi connectivity index (χ3n) is 5.59. The Morgan fingerprint density at radius 3 is 2.61 bits per heavy atom. The van der Waals surface area contributed by atoms with Crippen LogP contribution in [-0.4, -0.2) is 48.1 Å². The van der Waals surface area contributed by atoms with E-state index in [0.29, 0.717) is 24.6 Å². The van der Waals surface area contributed by atoms with Crippen LogP contribution in [0.15, 0.2) is 66.7 Å². The third-order valence-corrected chi connectivity index (χ3v) is 5.59. The standard InChI is InChI=1S/C27H29NO6.C2H6/c1-18-7-11-26(24(13-18)27(30)31)33-22-10-12-25-19(14-22)8-9-23(34-25)16-28-15-20(29)17-32-21-5-3-2-4-6-21;1-2/h2-7,10-14,20,23,28-29H,8-9,15-17H2,1H3,(H,30,31);1-2H3. The number of benzene rings is 3. The number of nitrogens with one attached hydrogen (secondary N) is 1. The molecule has 1 aliphatic heterocycles. The number of carboxylic acid groups (broad SMARTS) is 1. The Hall–Kier alpha value is -3.55. The van der Waals surface area contributed by atoms with E-state index in [1.165, 1.54) is 0 Å². The largest absolute Gasteiger partial charge is 0.491 e. The maximum Gasteiger partial charge on any atom is 0.339 e. The van der Waals surface area contributed by atoms with Gasteiger partial charge in [0.1, 0.15) is 47.4 Å². The Kier molecular flexibility index (Phi) is 10.2. The van der Waals surface area contributed by atoms with Crippen LogP contribution < -0.4 is 19.5 Å². The molecule has 1 aliphatic rings. The van der Waals surface area contributed by atoms with Crippen molar-refractivity contribution in [2.75, 3.05) is 19.7 Å². The number of hydrogen-bond donors (Lipinski definition) is 3. The van der Waals surface area contributed by atoms with Gasteiger partial charge in [-0.3, -0.25) is 0 Å². The lowest BCUT2D eigenvalue weighted by Crippen LogP contribution is -2.39. The van der Waals surface area contributed by atoms with Gasteiger partial charge < -0.3 is 29.7 Å². The fourth-order valence-corrected chi connectivity index (χ4v) is 3.83. The zero-order chi connectivity index (χ0) is 25.9. The second kappa shape index (κ2) is 13.5. The molecule has 0 bridgehead atoms. The summed E-state index contributed by atoms with van der Waals surface area (Å²) in [6.07, 6.45) is 1.02. The average molecular weight is 494 g/mol. The molecule has 0 fully saturated rings. The van der Waals surface area contributed by atoms with Gasteiger partial charge in [0, 0.05) is 13.1 Å². The molecule has 192 valence electrons. The van der Waals surface area contributed by atoms with Gasteiger partial charge in [0.25, 0.3) is 0 Å². The van der Waals surface area contributed by atoms with Crippen LogP contribution in [0.3, 0.4) is 0 Å². The Morgan fingerprint density at radius 1 is 1.08 bits per heavy atom. The number of aryl methyl sites for hydroxylation is 2. The lowest BCUT2D eigenvalue weighted by atomic mass is 10.0. The first kappa shape index (κ1) is 27.0. The molecule has 0 radical (unpaired) electrons. The van der Waals surface area contributed by atoms with Gasteiger partial charge in [0.15, 0.2) is 0 Å². The molecule has 1 heterocycles. The van der Waals surface area contributed by atoms with E-state index in [1.807, 2.05) is 69.3 Å². The van der Waals surface area contributed by atoms with Gasteiger partial charge in [-0.05, 0) is 67.8 Å². The number of hydrogen-bond acceptors (Lipinski definition) is 6. The summed E-state index contributed by atoms with van der Waals surface area (Å²) in [6, 6.07) is 20.1. The summed E-state index contributed by atoms with van der Waals surface area (Å²) in [5.74, 6) is 1.39. The number of ether oxygens (including phenoxy) is 3. The smallest absolute Gasteiger partial charge is 0.339 e. The zero-order valence-corrected chi connectivity index (χ0v) is 21.1. The number of carboxylic acids is 1. The number of aliphatic hydroxyl groups excluding tert-OH is 1. The summed E-state index contributed by atoms with van der Waals surface area (Å²) < 4.78 is 17.5. The van der Waals surface area contributed by atoms with Gasteiger partial charge in [-0.2, -0.15) is 0 Å². The van der Waals surface area contributed by atoms with Crippen LogP contribution in [0.4, 0.5) is 0 Å². The number of rotatable bonds is 10. The molecule has 0 amide bonds. The summed E-state index contributed by atoms with van der Waals surface area (Å²) in [5.41, 5.74) is 2.02. The SMILES string of the molecule is CC.Cc1ccc(Oc2ccc3c(c2)CCC(CNCC(O)COc2ccccc2)O3)c(C(=O)O)c1. The quantitative estimate of drug-likeness (QED) is 0.356. The van der Waals surface area contributed by atoms with Gasteiger partial charge in [-0.25, -0.2) is 4.79 Å². The van der Waals surface area contributed by atoms with E-state index >= 15 is 0 Å². The third kappa shape index (κ3) is 7.73. The molecule has 0 spiro atoms. The molecule has 3 aromatic rings. The highest BCUT2D eigenvalue weighted by atomic mass is 16.5. The second-order valence-corrected chi connectivity index (χ2v) is 8.39. The highest BCUT2D eigenvalue weighted by molar-refractivity contribution is 5.91. The molecule has 7 nitrogen and oxygen atoms in total. The Balaban J connectivity index is 0.00000176. The number of fused-ring (bicyclic) bond motifs is 1. The van der Waals surface area contributed by atoms with Crippen LogP contribution in [0.5, 0.6) is 23.0 Å². The maximum absolute atomic E-state index is 11.5.